The lowest BCUT2D eigenvalue weighted by atomic mass is 10.1. The molecule has 92 valence electrons. The highest BCUT2D eigenvalue weighted by atomic mass is 15.2. The van der Waals surface area contributed by atoms with Crippen molar-refractivity contribution in [2.75, 3.05) is 11.9 Å². The normalized spacial score (nSPS) is 21.6. The summed E-state index contributed by atoms with van der Waals surface area (Å²) in [7, 11) is 2.21. The zero-order chi connectivity index (χ0) is 12.4. The Morgan fingerprint density at radius 2 is 1.56 bits per heavy atom. The van der Waals surface area contributed by atoms with E-state index in [2.05, 4.69) is 72.6 Å². The first kappa shape index (κ1) is 11.3. The molecule has 0 N–H and O–H groups in total. The summed E-state index contributed by atoms with van der Waals surface area (Å²) in [5, 5.41) is 0. The van der Waals surface area contributed by atoms with Crippen molar-refractivity contribution in [1.82, 2.24) is 0 Å². The maximum atomic E-state index is 2.42. The van der Waals surface area contributed by atoms with Gasteiger partial charge < -0.3 is 4.90 Å². The maximum absolute atomic E-state index is 2.42. The van der Waals surface area contributed by atoms with E-state index in [1.165, 1.54) is 24.1 Å². The van der Waals surface area contributed by atoms with Gasteiger partial charge in [0.2, 0.25) is 0 Å². The lowest BCUT2D eigenvalue weighted by Crippen LogP contribution is -2.21. The fraction of sp³-hybridized carbons (Fsp3) is 0.294. The number of nitrogens with zero attached hydrogens (tertiary/aromatic N) is 1. The van der Waals surface area contributed by atoms with Gasteiger partial charge in [0.25, 0.3) is 0 Å². The molecule has 0 unspecified atom stereocenters. The smallest absolute Gasteiger partial charge is 0.0366 e. The third-order valence-electron chi connectivity index (χ3n) is 3.89. The molecule has 2 aromatic rings. The number of rotatable bonds is 4. The van der Waals surface area contributed by atoms with Crippen molar-refractivity contribution in [3.63, 3.8) is 0 Å². The fourth-order valence-electron chi connectivity index (χ4n) is 2.70. The Morgan fingerprint density at radius 3 is 2.22 bits per heavy atom. The Balaban J connectivity index is 1.61. The van der Waals surface area contributed by atoms with E-state index in [1.54, 1.807) is 0 Å². The molecule has 1 saturated carbocycles. The largest absolute Gasteiger partial charge is 0.371 e. The van der Waals surface area contributed by atoms with Crippen LogP contribution in [0.25, 0.3) is 0 Å². The zero-order valence-electron chi connectivity index (χ0n) is 10.8. The van der Waals surface area contributed by atoms with Crippen LogP contribution in [0.4, 0.5) is 5.69 Å². The maximum Gasteiger partial charge on any atom is 0.0366 e. The minimum absolute atomic E-state index is 0.715. The molecule has 1 nitrogen and oxygen atoms in total. The monoisotopic (exact) mass is 237 g/mol. The van der Waals surface area contributed by atoms with E-state index < -0.39 is 0 Å². The molecule has 2 atom stereocenters. The molecule has 0 aromatic heterocycles. The summed E-state index contributed by atoms with van der Waals surface area (Å²) in [4.78, 5) is 2.42. The SMILES string of the molecule is CN(c1ccccc1)[C@H]1C[C@@H]1Cc1ccccc1. The number of benzene rings is 2. The third-order valence-corrected chi connectivity index (χ3v) is 3.89. The van der Waals surface area contributed by atoms with E-state index in [9.17, 15) is 0 Å². The molecule has 3 rings (SSSR count). The van der Waals surface area contributed by atoms with Crippen LogP contribution in [0.3, 0.4) is 0 Å². The van der Waals surface area contributed by atoms with Crippen molar-refractivity contribution in [2.45, 2.75) is 18.9 Å². The van der Waals surface area contributed by atoms with E-state index in [1.807, 2.05) is 0 Å². The minimum Gasteiger partial charge on any atom is -0.371 e. The van der Waals surface area contributed by atoms with Gasteiger partial charge in [0.15, 0.2) is 0 Å². The molecule has 0 aliphatic heterocycles. The summed E-state index contributed by atoms with van der Waals surface area (Å²) in [6, 6.07) is 22.2. The summed E-state index contributed by atoms with van der Waals surface area (Å²) in [5.41, 5.74) is 2.80. The molecule has 0 radical (unpaired) electrons. The van der Waals surface area contributed by atoms with Crippen LogP contribution in [-0.4, -0.2) is 13.1 Å². The van der Waals surface area contributed by atoms with Gasteiger partial charge in [-0.15, -0.1) is 0 Å². The molecule has 1 aliphatic carbocycles. The average molecular weight is 237 g/mol. The lowest BCUT2D eigenvalue weighted by Gasteiger charge is -2.19. The number of hydrogen-bond donors (Lipinski definition) is 0. The summed E-state index contributed by atoms with van der Waals surface area (Å²) in [5.74, 6) is 0.817. The predicted octanol–water partition coefficient (Wildman–Crippen LogP) is 3.75. The first-order valence-corrected chi connectivity index (χ1v) is 6.66. The van der Waals surface area contributed by atoms with Crippen LogP contribution in [0.1, 0.15) is 12.0 Å². The second kappa shape index (κ2) is 4.85. The van der Waals surface area contributed by atoms with Crippen LogP contribution in [-0.2, 0) is 6.42 Å². The Hall–Kier alpha value is -1.76. The minimum atomic E-state index is 0.715. The third kappa shape index (κ3) is 2.40. The number of hydrogen-bond acceptors (Lipinski definition) is 1. The van der Waals surface area contributed by atoms with Crippen molar-refractivity contribution < 1.29 is 0 Å². The molecule has 0 bridgehead atoms. The predicted molar refractivity (Wildman–Crippen MR) is 76.9 cm³/mol. The molecule has 1 heteroatoms. The Bertz CT molecular complexity index is 492. The van der Waals surface area contributed by atoms with Crippen LogP contribution in [0.15, 0.2) is 60.7 Å². The topological polar surface area (TPSA) is 3.24 Å². The van der Waals surface area contributed by atoms with Crippen molar-refractivity contribution in [2.24, 2.45) is 5.92 Å². The molecule has 1 aliphatic rings. The Kier molecular flexibility index (Phi) is 3.06. The quantitative estimate of drug-likeness (QED) is 0.782. The Labute approximate surface area is 109 Å². The number of anilines is 1. The second-order valence-electron chi connectivity index (χ2n) is 5.20. The van der Waals surface area contributed by atoms with Crippen molar-refractivity contribution in [3.8, 4) is 0 Å². The molecule has 1 fully saturated rings. The fourth-order valence-corrected chi connectivity index (χ4v) is 2.70. The van der Waals surface area contributed by atoms with Crippen molar-refractivity contribution >= 4 is 5.69 Å². The number of para-hydroxylation sites is 1. The highest BCUT2D eigenvalue weighted by Gasteiger charge is 2.40. The summed E-state index contributed by atoms with van der Waals surface area (Å²) in [6.45, 7) is 0. The van der Waals surface area contributed by atoms with Gasteiger partial charge in [-0.1, -0.05) is 48.5 Å². The molecule has 2 aromatic carbocycles. The molecule has 0 saturated heterocycles. The average Bonchev–Trinajstić information content (AvgIpc) is 3.19. The molecular weight excluding hydrogens is 218 g/mol. The summed E-state index contributed by atoms with van der Waals surface area (Å²) < 4.78 is 0. The molecule has 0 spiro atoms. The van der Waals surface area contributed by atoms with E-state index in [4.69, 9.17) is 0 Å². The standard InChI is InChI=1S/C17H19N/c1-18(16-10-6-3-7-11-16)17-13-15(17)12-14-8-4-2-5-9-14/h2-11,15,17H,12-13H2,1H3/t15-,17-/m0/s1. The lowest BCUT2D eigenvalue weighted by molar-refractivity contribution is 0.755. The summed E-state index contributed by atoms with van der Waals surface area (Å²) in [6.07, 6.45) is 2.53. The van der Waals surface area contributed by atoms with Gasteiger partial charge in [0.1, 0.15) is 0 Å². The first-order valence-electron chi connectivity index (χ1n) is 6.66. The van der Waals surface area contributed by atoms with Gasteiger partial charge >= 0.3 is 0 Å². The van der Waals surface area contributed by atoms with Crippen molar-refractivity contribution in [1.29, 1.82) is 0 Å². The van der Waals surface area contributed by atoms with Gasteiger partial charge in [0.05, 0.1) is 0 Å². The van der Waals surface area contributed by atoms with Crippen LogP contribution in [0.5, 0.6) is 0 Å². The zero-order valence-corrected chi connectivity index (χ0v) is 10.8. The van der Waals surface area contributed by atoms with Gasteiger partial charge in [0, 0.05) is 18.8 Å². The van der Waals surface area contributed by atoms with Crippen LogP contribution < -0.4 is 4.90 Å². The van der Waals surface area contributed by atoms with Crippen LogP contribution >= 0.6 is 0 Å². The van der Waals surface area contributed by atoms with Gasteiger partial charge in [-0.25, -0.2) is 0 Å². The molecule has 0 heterocycles. The molecule has 0 amide bonds. The van der Waals surface area contributed by atoms with Gasteiger partial charge in [-0.2, -0.15) is 0 Å². The van der Waals surface area contributed by atoms with Crippen molar-refractivity contribution in [3.05, 3.63) is 66.2 Å². The van der Waals surface area contributed by atoms with E-state index in [0.717, 1.165) is 5.92 Å². The second-order valence-corrected chi connectivity index (χ2v) is 5.20. The molecular formula is C17H19N. The van der Waals surface area contributed by atoms with E-state index in [0.29, 0.717) is 6.04 Å². The first-order chi connectivity index (χ1) is 8.84. The summed E-state index contributed by atoms with van der Waals surface area (Å²) >= 11 is 0. The molecule has 18 heavy (non-hydrogen) atoms. The van der Waals surface area contributed by atoms with Crippen LogP contribution in [0.2, 0.25) is 0 Å². The Morgan fingerprint density at radius 1 is 0.944 bits per heavy atom. The van der Waals surface area contributed by atoms with Gasteiger partial charge in [-0.05, 0) is 36.5 Å². The highest BCUT2D eigenvalue weighted by Crippen LogP contribution is 2.39. The van der Waals surface area contributed by atoms with E-state index >= 15 is 0 Å². The highest BCUT2D eigenvalue weighted by molar-refractivity contribution is 5.48. The van der Waals surface area contributed by atoms with Gasteiger partial charge in [-0.3, -0.25) is 0 Å². The van der Waals surface area contributed by atoms with Crippen LogP contribution in [0, 0.1) is 5.92 Å². The van der Waals surface area contributed by atoms with E-state index in [-0.39, 0.29) is 0 Å².